The summed E-state index contributed by atoms with van der Waals surface area (Å²) in [6, 6.07) is 3.08. The summed E-state index contributed by atoms with van der Waals surface area (Å²) in [5, 5.41) is 2.50. The van der Waals surface area contributed by atoms with Crippen molar-refractivity contribution in [3.05, 3.63) is 23.9 Å². The van der Waals surface area contributed by atoms with Crippen LogP contribution in [0.4, 0.5) is 5.82 Å². The Hall–Kier alpha value is -2.15. The molecule has 6 N–H and O–H groups in total. The number of aromatic nitrogens is 1. The number of carbonyl (C=O) groups excluding carboxylic acids is 2. The van der Waals surface area contributed by atoms with Gasteiger partial charge in [-0.15, -0.1) is 0 Å². The number of hydrogen-bond donors (Lipinski definition) is 4. The Balaban J connectivity index is 2.80. The van der Waals surface area contributed by atoms with Gasteiger partial charge in [-0.25, -0.2) is 10.8 Å². The lowest BCUT2D eigenvalue weighted by atomic mass is 10.0. The smallest absolute Gasteiger partial charge is 0.253 e. The van der Waals surface area contributed by atoms with Crippen molar-refractivity contribution in [3.8, 4) is 0 Å². The normalized spacial score (nSPS) is 10.8. The second-order valence-corrected chi connectivity index (χ2v) is 4.02. The third kappa shape index (κ3) is 3.15. The maximum absolute atomic E-state index is 11.8. The molecule has 1 aromatic heterocycles. The van der Waals surface area contributed by atoms with Crippen LogP contribution in [-0.2, 0) is 4.79 Å². The predicted octanol–water partition coefficient (Wildman–Crippen LogP) is -0.639. The first-order valence-corrected chi connectivity index (χ1v) is 4.92. The molecule has 0 aliphatic heterocycles. The molecule has 0 bridgehead atoms. The van der Waals surface area contributed by atoms with Gasteiger partial charge in [0.1, 0.15) is 11.4 Å². The lowest BCUT2D eigenvalue weighted by Crippen LogP contribution is -2.53. The van der Waals surface area contributed by atoms with Crippen molar-refractivity contribution in [3.63, 3.8) is 0 Å². The molecule has 0 fully saturated rings. The minimum atomic E-state index is -1.11. The van der Waals surface area contributed by atoms with Crippen molar-refractivity contribution in [1.82, 2.24) is 10.3 Å². The number of nitrogen functional groups attached to an aromatic ring is 1. The zero-order valence-corrected chi connectivity index (χ0v) is 9.65. The topological polar surface area (TPSA) is 123 Å². The largest absolute Gasteiger partial charge is 0.368 e. The minimum Gasteiger partial charge on any atom is -0.368 e. The van der Waals surface area contributed by atoms with Crippen LogP contribution < -0.4 is 22.3 Å². The molecule has 2 amide bonds. The van der Waals surface area contributed by atoms with Crippen LogP contribution >= 0.6 is 0 Å². The summed E-state index contributed by atoms with van der Waals surface area (Å²) < 4.78 is 0. The number of primary amides is 1. The van der Waals surface area contributed by atoms with E-state index in [1.165, 1.54) is 26.1 Å². The van der Waals surface area contributed by atoms with Gasteiger partial charge in [0.25, 0.3) is 5.91 Å². The molecule has 0 aliphatic rings. The van der Waals surface area contributed by atoms with Gasteiger partial charge in [0.15, 0.2) is 0 Å². The van der Waals surface area contributed by atoms with Crippen LogP contribution in [0, 0.1) is 0 Å². The Bertz CT molecular complexity index is 427. The molecule has 1 rings (SSSR count). The average molecular weight is 237 g/mol. The van der Waals surface area contributed by atoms with Gasteiger partial charge in [0.05, 0.1) is 5.56 Å². The molecule has 1 heterocycles. The first kappa shape index (κ1) is 12.9. The number of rotatable bonds is 4. The molecule has 0 saturated heterocycles. The minimum absolute atomic E-state index is 0.318. The van der Waals surface area contributed by atoms with Gasteiger partial charge >= 0.3 is 0 Å². The number of nitrogens with zero attached hydrogens (tertiary/aromatic N) is 1. The van der Waals surface area contributed by atoms with E-state index in [-0.39, 0.29) is 0 Å². The number of pyridine rings is 1. The molecule has 1 aromatic rings. The van der Waals surface area contributed by atoms with Crippen LogP contribution in [0.15, 0.2) is 18.3 Å². The Morgan fingerprint density at radius 3 is 2.41 bits per heavy atom. The van der Waals surface area contributed by atoms with Crippen molar-refractivity contribution in [1.29, 1.82) is 0 Å². The molecule has 7 nitrogen and oxygen atoms in total. The van der Waals surface area contributed by atoms with Gasteiger partial charge in [-0.1, -0.05) is 0 Å². The van der Waals surface area contributed by atoms with Crippen molar-refractivity contribution in [2.75, 3.05) is 5.43 Å². The molecule has 0 aliphatic carbocycles. The van der Waals surface area contributed by atoms with E-state index in [0.29, 0.717) is 11.4 Å². The number of nitrogens with one attached hydrogen (secondary N) is 2. The van der Waals surface area contributed by atoms with E-state index >= 15 is 0 Å². The van der Waals surface area contributed by atoms with Crippen molar-refractivity contribution in [2.24, 2.45) is 11.6 Å². The highest BCUT2D eigenvalue weighted by Crippen LogP contribution is 2.06. The quantitative estimate of drug-likeness (QED) is 0.409. The second-order valence-electron chi connectivity index (χ2n) is 4.02. The molecule has 0 saturated carbocycles. The number of carbonyl (C=O) groups is 2. The SMILES string of the molecule is CC(C)(NC(=O)c1ccc(NN)nc1)C(N)=O. The van der Waals surface area contributed by atoms with Gasteiger partial charge in [-0.05, 0) is 26.0 Å². The van der Waals surface area contributed by atoms with Crippen molar-refractivity contribution >= 4 is 17.6 Å². The van der Waals surface area contributed by atoms with E-state index < -0.39 is 17.4 Å². The summed E-state index contributed by atoms with van der Waals surface area (Å²) in [7, 11) is 0. The number of amides is 2. The molecule has 0 aromatic carbocycles. The van der Waals surface area contributed by atoms with E-state index in [1.807, 2.05) is 0 Å². The highest BCUT2D eigenvalue weighted by Gasteiger charge is 2.27. The fourth-order valence-electron chi connectivity index (χ4n) is 1.03. The van der Waals surface area contributed by atoms with E-state index in [1.54, 1.807) is 6.07 Å². The molecule has 17 heavy (non-hydrogen) atoms. The van der Waals surface area contributed by atoms with Gasteiger partial charge in [0, 0.05) is 6.20 Å². The van der Waals surface area contributed by atoms with Gasteiger partial charge < -0.3 is 16.5 Å². The molecule has 0 spiro atoms. The first-order chi connectivity index (χ1) is 7.86. The Kier molecular flexibility index (Phi) is 3.64. The zero-order valence-electron chi connectivity index (χ0n) is 9.65. The third-order valence-electron chi connectivity index (χ3n) is 2.22. The predicted molar refractivity (Wildman–Crippen MR) is 62.8 cm³/mol. The standard InChI is InChI=1S/C10H15N5O2/c1-10(2,9(11)17)14-8(16)6-3-4-7(15-12)13-5-6/h3-5H,12H2,1-2H3,(H2,11,17)(H,13,15)(H,14,16). The highest BCUT2D eigenvalue weighted by molar-refractivity contribution is 5.98. The maximum atomic E-state index is 11.8. The molecule has 0 unspecified atom stereocenters. The summed E-state index contributed by atoms with van der Waals surface area (Å²) >= 11 is 0. The third-order valence-corrected chi connectivity index (χ3v) is 2.22. The van der Waals surface area contributed by atoms with E-state index in [2.05, 4.69) is 15.7 Å². The van der Waals surface area contributed by atoms with E-state index in [9.17, 15) is 9.59 Å². The van der Waals surface area contributed by atoms with Gasteiger partial charge in [-0.3, -0.25) is 9.59 Å². The summed E-state index contributed by atoms with van der Waals surface area (Å²) in [4.78, 5) is 26.7. The summed E-state index contributed by atoms with van der Waals surface area (Å²) in [6.45, 7) is 3.05. The second kappa shape index (κ2) is 4.79. The molecule has 0 radical (unpaired) electrons. The Morgan fingerprint density at radius 2 is 2.00 bits per heavy atom. The van der Waals surface area contributed by atoms with Crippen LogP contribution in [-0.4, -0.2) is 22.3 Å². The van der Waals surface area contributed by atoms with Crippen LogP contribution in [0.3, 0.4) is 0 Å². The lowest BCUT2D eigenvalue weighted by molar-refractivity contribution is -0.122. The summed E-state index contributed by atoms with van der Waals surface area (Å²) in [5.74, 6) is 4.55. The van der Waals surface area contributed by atoms with Crippen LogP contribution in [0.2, 0.25) is 0 Å². The molecule has 92 valence electrons. The van der Waals surface area contributed by atoms with Crippen molar-refractivity contribution in [2.45, 2.75) is 19.4 Å². The van der Waals surface area contributed by atoms with Crippen LogP contribution in [0.25, 0.3) is 0 Å². The van der Waals surface area contributed by atoms with Crippen LogP contribution in [0.5, 0.6) is 0 Å². The maximum Gasteiger partial charge on any atom is 0.253 e. The fraction of sp³-hybridized carbons (Fsp3) is 0.300. The molecular formula is C10H15N5O2. The molecular weight excluding hydrogens is 222 g/mol. The fourth-order valence-corrected chi connectivity index (χ4v) is 1.03. The van der Waals surface area contributed by atoms with E-state index in [0.717, 1.165) is 0 Å². The monoisotopic (exact) mass is 237 g/mol. The average Bonchev–Trinajstić information content (AvgIpc) is 2.28. The number of hydrazine groups is 1. The van der Waals surface area contributed by atoms with Gasteiger partial charge in [-0.2, -0.15) is 0 Å². The van der Waals surface area contributed by atoms with Gasteiger partial charge in [0.2, 0.25) is 5.91 Å². The Morgan fingerprint density at radius 1 is 1.35 bits per heavy atom. The summed E-state index contributed by atoms with van der Waals surface area (Å²) in [6.07, 6.45) is 1.35. The zero-order chi connectivity index (χ0) is 13.1. The Labute approximate surface area is 98.5 Å². The molecule has 0 atom stereocenters. The number of nitrogens with two attached hydrogens (primary N) is 2. The van der Waals surface area contributed by atoms with E-state index in [4.69, 9.17) is 11.6 Å². The lowest BCUT2D eigenvalue weighted by Gasteiger charge is -2.22. The number of hydrogen-bond acceptors (Lipinski definition) is 5. The van der Waals surface area contributed by atoms with Crippen LogP contribution in [0.1, 0.15) is 24.2 Å². The highest BCUT2D eigenvalue weighted by atomic mass is 16.2. The van der Waals surface area contributed by atoms with Crippen molar-refractivity contribution < 1.29 is 9.59 Å². The first-order valence-electron chi connectivity index (χ1n) is 4.92. The number of anilines is 1. The summed E-state index contributed by atoms with van der Waals surface area (Å²) in [5.41, 5.74) is 6.70. The molecule has 7 heteroatoms.